The zero-order valence-corrected chi connectivity index (χ0v) is 20.0. The Balaban J connectivity index is 1.45. The fourth-order valence-electron chi connectivity index (χ4n) is 3.58. The highest BCUT2D eigenvalue weighted by Crippen LogP contribution is 2.27. The highest BCUT2D eigenvalue weighted by Gasteiger charge is 2.28. The molecule has 1 fully saturated rings. The molecule has 176 valence electrons. The van der Waals surface area contributed by atoms with E-state index < -0.39 is 15.9 Å². The highest BCUT2D eigenvalue weighted by atomic mass is 32.2. The molecular weight excluding hydrogens is 466 g/mol. The lowest BCUT2D eigenvalue weighted by atomic mass is 10.2. The minimum Gasteiger partial charge on any atom is -0.458 e. The third-order valence-electron chi connectivity index (χ3n) is 5.32. The lowest BCUT2D eigenvalue weighted by Gasteiger charge is -2.25. The minimum absolute atomic E-state index is 0.110. The van der Waals surface area contributed by atoms with E-state index in [-0.39, 0.29) is 23.0 Å². The lowest BCUT2D eigenvalue weighted by molar-refractivity contribution is -0.119. The summed E-state index contributed by atoms with van der Waals surface area (Å²) in [7, 11) is -1.99. The van der Waals surface area contributed by atoms with Crippen LogP contribution in [0.2, 0.25) is 0 Å². The van der Waals surface area contributed by atoms with E-state index in [1.54, 1.807) is 24.6 Å². The summed E-state index contributed by atoms with van der Waals surface area (Å²) in [6.07, 6.45) is 4.18. The number of carbonyl (C=O) groups excluding carboxylic acids is 2. The van der Waals surface area contributed by atoms with Gasteiger partial charge in [-0.1, -0.05) is 6.42 Å². The zero-order valence-electron chi connectivity index (χ0n) is 18.3. The molecule has 0 spiro atoms. The number of aryl methyl sites for hydroxylation is 1. The van der Waals surface area contributed by atoms with Gasteiger partial charge in [0.25, 0.3) is 5.91 Å². The summed E-state index contributed by atoms with van der Waals surface area (Å²) < 4.78 is 34.5. The smallest absolute Gasteiger partial charge is 0.274 e. The van der Waals surface area contributed by atoms with Crippen molar-refractivity contribution in [3.05, 3.63) is 41.2 Å². The highest BCUT2D eigenvalue weighted by molar-refractivity contribution is 7.89. The normalized spacial score (nSPS) is 14.8. The number of nitrogens with one attached hydrogen (secondary N) is 2. The molecule has 3 aromatic rings. The van der Waals surface area contributed by atoms with E-state index in [2.05, 4.69) is 15.6 Å². The molecule has 0 radical (unpaired) electrons. The van der Waals surface area contributed by atoms with Crippen molar-refractivity contribution in [3.63, 3.8) is 0 Å². The Bertz CT molecular complexity index is 1270. The maximum Gasteiger partial charge on any atom is 0.274 e. The third kappa shape index (κ3) is 5.18. The van der Waals surface area contributed by atoms with Crippen LogP contribution in [0.15, 0.2) is 39.1 Å². The van der Waals surface area contributed by atoms with Crippen molar-refractivity contribution in [1.82, 2.24) is 19.2 Å². The fourth-order valence-corrected chi connectivity index (χ4v) is 5.87. The quantitative estimate of drug-likeness (QED) is 0.523. The number of aromatic nitrogens is 2. The maximum atomic E-state index is 12.9. The molecule has 0 saturated carbocycles. The molecule has 33 heavy (non-hydrogen) atoms. The molecule has 0 bridgehead atoms. The Morgan fingerprint density at radius 1 is 1.21 bits per heavy atom. The number of thiazole rings is 1. The molecule has 0 atom stereocenters. The zero-order chi connectivity index (χ0) is 23.6. The Kier molecular flexibility index (Phi) is 6.68. The van der Waals surface area contributed by atoms with Crippen molar-refractivity contribution in [3.8, 4) is 11.5 Å². The standard InChI is InChI=1S/C21H25N5O5S2/c1-14(27)22-11-15-6-7-19(31-15)17-13-32-21(23-17)24-20(28)18-10-16(12-25(18)2)33(29,30)26-8-4-3-5-9-26/h6-7,10,12-13H,3-5,8-9,11H2,1-2H3,(H,22,27)(H,23,24,28). The van der Waals surface area contributed by atoms with Crippen molar-refractivity contribution in [2.45, 2.75) is 37.6 Å². The van der Waals surface area contributed by atoms with Gasteiger partial charge in [0.15, 0.2) is 10.9 Å². The molecule has 0 aliphatic carbocycles. The number of amides is 2. The molecule has 1 aliphatic heterocycles. The van der Waals surface area contributed by atoms with Crippen LogP contribution < -0.4 is 10.6 Å². The van der Waals surface area contributed by atoms with Gasteiger partial charge in [-0.05, 0) is 31.0 Å². The van der Waals surface area contributed by atoms with Crippen molar-refractivity contribution in [2.24, 2.45) is 7.05 Å². The molecule has 0 unspecified atom stereocenters. The second-order valence-electron chi connectivity index (χ2n) is 7.80. The predicted molar refractivity (Wildman–Crippen MR) is 123 cm³/mol. The molecule has 12 heteroatoms. The summed E-state index contributed by atoms with van der Waals surface area (Å²) in [6.45, 7) is 2.71. The molecular formula is C21H25N5O5S2. The van der Waals surface area contributed by atoms with Crippen molar-refractivity contribution in [2.75, 3.05) is 18.4 Å². The number of nitrogens with zero attached hydrogens (tertiary/aromatic N) is 3. The van der Waals surface area contributed by atoms with E-state index >= 15 is 0 Å². The average Bonchev–Trinajstić information content (AvgIpc) is 3.52. The van der Waals surface area contributed by atoms with Crippen LogP contribution in [0.5, 0.6) is 0 Å². The van der Waals surface area contributed by atoms with E-state index in [1.807, 2.05) is 0 Å². The summed E-state index contributed by atoms with van der Waals surface area (Å²) in [5, 5.41) is 7.48. The fraction of sp³-hybridized carbons (Fsp3) is 0.381. The van der Waals surface area contributed by atoms with E-state index in [9.17, 15) is 18.0 Å². The summed E-state index contributed by atoms with van der Waals surface area (Å²) in [6, 6.07) is 4.89. The summed E-state index contributed by atoms with van der Waals surface area (Å²) in [5.41, 5.74) is 0.766. The third-order valence-corrected chi connectivity index (χ3v) is 7.94. The number of piperidine rings is 1. The van der Waals surface area contributed by atoms with Crippen LogP contribution in [-0.4, -0.2) is 47.2 Å². The van der Waals surface area contributed by atoms with E-state index in [0.717, 1.165) is 19.3 Å². The average molecular weight is 492 g/mol. The molecule has 3 aromatic heterocycles. The molecule has 10 nitrogen and oxygen atoms in total. The van der Waals surface area contributed by atoms with Gasteiger partial charge in [0.1, 0.15) is 22.0 Å². The number of sulfonamides is 1. The SMILES string of the molecule is CC(=O)NCc1ccc(-c2csc(NC(=O)c3cc(S(=O)(=O)N4CCCCC4)cn3C)n2)o1. The van der Waals surface area contributed by atoms with Crippen LogP contribution >= 0.6 is 11.3 Å². The molecule has 2 amide bonds. The van der Waals surface area contributed by atoms with Gasteiger partial charge in [-0.25, -0.2) is 13.4 Å². The predicted octanol–water partition coefficient (Wildman–Crippen LogP) is 2.80. The first-order valence-electron chi connectivity index (χ1n) is 10.5. The van der Waals surface area contributed by atoms with Gasteiger partial charge < -0.3 is 14.3 Å². The Morgan fingerprint density at radius 3 is 2.70 bits per heavy atom. The second kappa shape index (κ2) is 9.49. The number of furan rings is 1. The molecule has 4 rings (SSSR count). The first-order valence-corrected chi connectivity index (χ1v) is 12.8. The summed E-state index contributed by atoms with van der Waals surface area (Å²) in [5.74, 6) is 0.495. The van der Waals surface area contributed by atoms with Crippen LogP contribution in [0, 0.1) is 0 Å². The first kappa shape index (κ1) is 23.2. The summed E-state index contributed by atoms with van der Waals surface area (Å²) in [4.78, 5) is 28.3. The van der Waals surface area contributed by atoms with Crippen LogP contribution in [-0.2, 0) is 28.4 Å². The van der Waals surface area contributed by atoms with Gasteiger partial charge >= 0.3 is 0 Å². The van der Waals surface area contributed by atoms with Gasteiger partial charge in [0.2, 0.25) is 15.9 Å². The molecule has 1 saturated heterocycles. The largest absolute Gasteiger partial charge is 0.458 e. The second-order valence-corrected chi connectivity index (χ2v) is 10.6. The van der Waals surface area contributed by atoms with Gasteiger partial charge in [0.05, 0.1) is 6.54 Å². The Hall–Kier alpha value is -2.96. The molecule has 1 aliphatic rings. The molecule has 0 aromatic carbocycles. The van der Waals surface area contributed by atoms with Crippen LogP contribution in [0.25, 0.3) is 11.5 Å². The molecule has 2 N–H and O–H groups in total. The van der Waals surface area contributed by atoms with Crippen molar-refractivity contribution in [1.29, 1.82) is 0 Å². The van der Waals surface area contributed by atoms with Crippen LogP contribution in [0.4, 0.5) is 5.13 Å². The number of anilines is 1. The van der Waals surface area contributed by atoms with Gasteiger partial charge in [-0.15, -0.1) is 11.3 Å². The topological polar surface area (TPSA) is 127 Å². The maximum absolute atomic E-state index is 12.9. The molecule has 4 heterocycles. The number of rotatable bonds is 7. The van der Waals surface area contributed by atoms with Crippen molar-refractivity contribution >= 4 is 38.3 Å². The number of hydrogen-bond donors (Lipinski definition) is 2. The van der Waals surface area contributed by atoms with Gasteiger partial charge in [0, 0.05) is 38.6 Å². The minimum atomic E-state index is -3.63. The van der Waals surface area contributed by atoms with Crippen molar-refractivity contribution < 1.29 is 22.4 Å². The van der Waals surface area contributed by atoms with E-state index in [1.165, 1.54) is 39.4 Å². The van der Waals surface area contributed by atoms with Gasteiger partial charge in [-0.3, -0.25) is 14.9 Å². The monoisotopic (exact) mass is 491 g/mol. The Labute approximate surface area is 195 Å². The Morgan fingerprint density at radius 2 is 1.97 bits per heavy atom. The van der Waals surface area contributed by atoms with Crippen LogP contribution in [0.3, 0.4) is 0 Å². The van der Waals surface area contributed by atoms with Crippen LogP contribution in [0.1, 0.15) is 42.4 Å². The lowest BCUT2D eigenvalue weighted by Crippen LogP contribution is -2.35. The van der Waals surface area contributed by atoms with E-state index in [0.29, 0.717) is 35.4 Å². The number of carbonyl (C=O) groups is 2. The first-order chi connectivity index (χ1) is 15.7. The van der Waals surface area contributed by atoms with Gasteiger partial charge in [-0.2, -0.15) is 4.31 Å². The number of hydrogen-bond acceptors (Lipinski definition) is 7. The summed E-state index contributed by atoms with van der Waals surface area (Å²) >= 11 is 1.23. The van der Waals surface area contributed by atoms with E-state index in [4.69, 9.17) is 4.42 Å².